The van der Waals surface area contributed by atoms with Gasteiger partial charge in [-0.1, -0.05) is 78.1 Å². The molecule has 58 heavy (non-hydrogen) atoms. The molecule has 0 atom stereocenters. The quantitative estimate of drug-likeness (QED) is 0.0393. The van der Waals surface area contributed by atoms with Crippen molar-refractivity contribution in [1.29, 1.82) is 0 Å². The third-order valence-corrected chi connectivity index (χ3v) is 12.1. The second-order valence-electron chi connectivity index (χ2n) is 19.8. The first kappa shape index (κ1) is 52.8. The molecule has 0 spiro atoms. The van der Waals surface area contributed by atoms with Gasteiger partial charge in [0.25, 0.3) is 0 Å². The molecule has 0 aliphatic carbocycles. The molecule has 2 rings (SSSR count). The average molecular weight is 827 g/mol. The lowest BCUT2D eigenvalue weighted by Gasteiger charge is -2.54. The number of esters is 2. The van der Waals surface area contributed by atoms with Gasteiger partial charge in [0, 0.05) is 47.3 Å². The molecule has 2 saturated heterocycles. The number of carbonyl (C=O) groups is 2. The average Bonchev–Trinajstić information content (AvgIpc) is 3.13. The van der Waals surface area contributed by atoms with E-state index < -0.39 is 0 Å². The largest absolute Gasteiger partial charge is 0.466 e. The number of nitrogens with zero attached hydrogens (tertiary/aromatic N) is 4. The normalized spacial score (nSPS) is 19.9. The Labute approximate surface area is 354 Å². The van der Waals surface area contributed by atoms with Crippen LogP contribution in [0.4, 0.5) is 0 Å². The van der Waals surface area contributed by atoms with Crippen molar-refractivity contribution in [2.75, 3.05) is 39.5 Å². The summed E-state index contributed by atoms with van der Waals surface area (Å²) in [5.41, 5.74) is -1.04. The number of hydrogen-bond acceptors (Lipinski definition) is 12. The van der Waals surface area contributed by atoms with Gasteiger partial charge < -0.3 is 19.9 Å². The van der Waals surface area contributed by atoms with Gasteiger partial charge in [-0.2, -0.15) is 20.3 Å². The highest BCUT2D eigenvalue weighted by Crippen LogP contribution is 2.41. The van der Waals surface area contributed by atoms with Gasteiger partial charge in [0.15, 0.2) is 0 Å². The molecule has 342 valence electrons. The second-order valence-corrected chi connectivity index (χ2v) is 19.8. The minimum atomic E-state index is -0.307. The summed E-state index contributed by atoms with van der Waals surface area (Å²) in [5.74, 6) is -0.614. The standard InChI is InChI=1S/C46H90N4O8/c1-11-13-15-17-19-25-33-57-49-43(3,4)35-39(36-44(49,5)6)47(53)29-27-41(51)55-31-23-21-22-24-32-56-42(52)28-30-48(54)40-37-45(7,8)50(46(9,10)38-40)58-34-26-20-18-16-14-12-2/h39-40,53-54H,11-38H2,1-10H3. The van der Waals surface area contributed by atoms with E-state index in [2.05, 4.69) is 79.4 Å². The molecule has 2 fully saturated rings. The minimum absolute atomic E-state index is 0.0775. The predicted molar refractivity (Wildman–Crippen MR) is 231 cm³/mol. The Morgan fingerprint density at radius 2 is 0.759 bits per heavy atom. The lowest BCUT2D eigenvalue weighted by Crippen LogP contribution is -2.63. The van der Waals surface area contributed by atoms with Gasteiger partial charge in [-0.15, -0.1) is 0 Å². The molecule has 0 saturated carbocycles. The zero-order chi connectivity index (χ0) is 43.2. The maximum Gasteiger partial charge on any atom is 0.307 e. The molecule has 2 aliphatic rings. The summed E-state index contributed by atoms with van der Waals surface area (Å²) in [5, 5.41) is 28.8. The van der Waals surface area contributed by atoms with Crippen LogP contribution in [-0.2, 0) is 28.7 Å². The summed E-state index contributed by atoms with van der Waals surface area (Å²) in [6.07, 6.45) is 21.1. The minimum Gasteiger partial charge on any atom is -0.466 e. The number of unbranched alkanes of at least 4 members (excludes halogenated alkanes) is 13. The van der Waals surface area contributed by atoms with Crippen LogP contribution in [0.3, 0.4) is 0 Å². The third-order valence-electron chi connectivity index (χ3n) is 12.1. The number of carbonyl (C=O) groups excluding carboxylic acids is 2. The number of rotatable bonds is 31. The third kappa shape index (κ3) is 19.6. The SMILES string of the molecule is CCCCCCCCON1C(C)(C)CC(N(O)CCC(=O)OCCCCCCOC(=O)CCN(O)C2CC(C)(C)N(OCCCCCCCC)C(C)(C)C2)CC1(C)C. The molecule has 2 N–H and O–H groups in total. The summed E-state index contributed by atoms with van der Waals surface area (Å²) < 4.78 is 10.9. The van der Waals surface area contributed by atoms with Crippen LogP contribution in [0.1, 0.15) is 210 Å². The summed E-state index contributed by atoms with van der Waals surface area (Å²) in [6, 6.07) is -0.155. The number of hydrogen-bond donors (Lipinski definition) is 2. The highest BCUT2D eigenvalue weighted by Gasteiger charge is 2.49. The van der Waals surface area contributed by atoms with Crippen LogP contribution in [0.2, 0.25) is 0 Å². The van der Waals surface area contributed by atoms with E-state index in [9.17, 15) is 20.0 Å². The summed E-state index contributed by atoms with van der Waals surface area (Å²) in [4.78, 5) is 37.6. The van der Waals surface area contributed by atoms with E-state index in [-0.39, 0.29) is 72.1 Å². The lowest BCUT2D eigenvalue weighted by atomic mass is 9.78. The molecular formula is C46H90N4O8. The van der Waals surface area contributed by atoms with E-state index in [1.807, 2.05) is 0 Å². The van der Waals surface area contributed by atoms with Crippen LogP contribution >= 0.6 is 0 Å². The first-order chi connectivity index (χ1) is 27.4. The Bertz CT molecular complexity index is 1010. The molecule has 0 aromatic rings. The van der Waals surface area contributed by atoms with Gasteiger partial charge in [0.05, 0.1) is 39.3 Å². The van der Waals surface area contributed by atoms with Crippen LogP contribution in [0.5, 0.6) is 0 Å². The molecule has 2 aliphatic heterocycles. The van der Waals surface area contributed by atoms with Crippen molar-refractivity contribution in [1.82, 2.24) is 20.3 Å². The fourth-order valence-corrected chi connectivity index (χ4v) is 9.47. The fourth-order valence-electron chi connectivity index (χ4n) is 9.47. The molecule has 0 radical (unpaired) electrons. The monoisotopic (exact) mass is 827 g/mol. The second kappa shape index (κ2) is 26.8. The van der Waals surface area contributed by atoms with Gasteiger partial charge in [0.1, 0.15) is 0 Å². The summed E-state index contributed by atoms with van der Waals surface area (Å²) >= 11 is 0. The Morgan fingerprint density at radius 1 is 0.483 bits per heavy atom. The van der Waals surface area contributed by atoms with Gasteiger partial charge in [-0.25, -0.2) is 0 Å². The van der Waals surface area contributed by atoms with Gasteiger partial charge in [0.2, 0.25) is 0 Å². The first-order valence-corrected chi connectivity index (χ1v) is 23.4. The lowest BCUT2D eigenvalue weighted by molar-refractivity contribution is -0.300. The van der Waals surface area contributed by atoms with Crippen molar-refractivity contribution in [2.24, 2.45) is 0 Å². The van der Waals surface area contributed by atoms with Crippen molar-refractivity contribution in [3.8, 4) is 0 Å². The van der Waals surface area contributed by atoms with E-state index in [0.29, 0.717) is 26.4 Å². The van der Waals surface area contributed by atoms with Crippen LogP contribution < -0.4 is 0 Å². The maximum atomic E-state index is 12.5. The van der Waals surface area contributed by atoms with Crippen LogP contribution in [-0.4, -0.2) is 116 Å². The molecule has 0 aromatic heterocycles. The molecule has 2 heterocycles. The van der Waals surface area contributed by atoms with Gasteiger partial charge >= 0.3 is 11.9 Å². The van der Waals surface area contributed by atoms with Crippen molar-refractivity contribution in [3.63, 3.8) is 0 Å². The van der Waals surface area contributed by atoms with E-state index in [1.165, 1.54) is 74.3 Å². The summed E-state index contributed by atoms with van der Waals surface area (Å²) in [6.45, 7) is 24.4. The van der Waals surface area contributed by atoms with E-state index >= 15 is 0 Å². The Hall–Kier alpha value is -1.38. The van der Waals surface area contributed by atoms with Crippen LogP contribution in [0, 0.1) is 0 Å². The Kier molecular flexibility index (Phi) is 24.4. The van der Waals surface area contributed by atoms with Gasteiger partial charge in [-0.3, -0.25) is 19.3 Å². The van der Waals surface area contributed by atoms with Gasteiger partial charge in [-0.05, 0) is 120 Å². The van der Waals surface area contributed by atoms with Crippen molar-refractivity contribution < 1.29 is 39.2 Å². The Balaban J connectivity index is 1.56. The molecule has 0 unspecified atom stereocenters. The molecule has 12 nitrogen and oxygen atoms in total. The molecule has 0 aromatic carbocycles. The van der Waals surface area contributed by atoms with Crippen LogP contribution in [0.25, 0.3) is 0 Å². The van der Waals surface area contributed by atoms with Crippen LogP contribution in [0.15, 0.2) is 0 Å². The smallest absolute Gasteiger partial charge is 0.307 e. The summed E-state index contributed by atoms with van der Waals surface area (Å²) in [7, 11) is 0. The molecule has 12 heteroatoms. The Morgan fingerprint density at radius 3 is 1.07 bits per heavy atom. The zero-order valence-electron chi connectivity index (χ0n) is 39.1. The molecular weight excluding hydrogens is 737 g/mol. The predicted octanol–water partition coefficient (Wildman–Crippen LogP) is 10.4. The highest BCUT2D eigenvalue weighted by molar-refractivity contribution is 5.69. The topological polar surface area (TPSA) is 124 Å². The van der Waals surface area contributed by atoms with E-state index in [1.54, 1.807) is 0 Å². The van der Waals surface area contributed by atoms with Crippen molar-refractivity contribution in [2.45, 2.75) is 245 Å². The van der Waals surface area contributed by atoms with E-state index in [4.69, 9.17) is 19.1 Å². The van der Waals surface area contributed by atoms with E-state index in [0.717, 1.165) is 64.2 Å². The zero-order valence-corrected chi connectivity index (χ0v) is 39.1. The maximum absolute atomic E-state index is 12.5. The first-order valence-electron chi connectivity index (χ1n) is 23.4. The molecule has 0 amide bonds. The number of hydroxylamine groups is 8. The number of ether oxygens (including phenoxy) is 2. The fraction of sp³-hybridized carbons (Fsp3) is 0.957. The highest BCUT2D eigenvalue weighted by atomic mass is 16.7. The van der Waals surface area contributed by atoms with Crippen molar-refractivity contribution >= 4 is 11.9 Å². The molecule has 0 bridgehead atoms. The number of piperidine rings is 2. The van der Waals surface area contributed by atoms with Crippen molar-refractivity contribution in [3.05, 3.63) is 0 Å².